The molecule has 15 heavy (non-hydrogen) atoms. The van der Waals surface area contributed by atoms with Crippen molar-refractivity contribution in [2.45, 2.75) is 57.8 Å². The van der Waals surface area contributed by atoms with Crippen LogP contribution < -0.4 is 0 Å². The van der Waals surface area contributed by atoms with Crippen molar-refractivity contribution in [1.82, 2.24) is 0 Å². The molecule has 0 aliphatic heterocycles. The molecule has 0 amide bonds. The van der Waals surface area contributed by atoms with E-state index in [1.807, 2.05) is 13.8 Å². The highest BCUT2D eigenvalue weighted by molar-refractivity contribution is 7.81. The average molecular weight is 230 g/mol. The summed E-state index contributed by atoms with van der Waals surface area (Å²) in [7, 11) is 0. The molecule has 1 aliphatic carbocycles. The van der Waals surface area contributed by atoms with Crippen LogP contribution in [0.4, 0.5) is 0 Å². The highest BCUT2D eigenvalue weighted by atomic mass is 32.1. The van der Waals surface area contributed by atoms with E-state index < -0.39 is 0 Å². The summed E-state index contributed by atoms with van der Waals surface area (Å²) in [6.45, 7) is 6.20. The Bertz CT molecular complexity index is 216. The van der Waals surface area contributed by atoms with E-state index in [9.17, 15) is 4.79 Å². The van der Waals surface area contributed by atoms with Crippen LogP contribution >= 0.6 is 12.6 Å². The van der Waals surface area contributed by atoms with Crippen molar-refractivity contribution >= 4 is 18.6 Å². The topological polar surface area (TPSA) is 26.3 Å². The summed E-state index contributed by atoms with van der Waals surface area (Å²) in [5.74, 6) is 0.781. The van der Waals surface area contributed by atoms with Gasteiger partial charge in [0.15, 0.2) is 0 Å². The predicted octanol–water partition coefficient (Wildman–Crippen LogP) is 3.06. The first kappa shape index (κ1) is 12.9. The molecular formula is C12H22O2S. The van der Waals surface area contributed by atoms with Crippen LogP contribution in [0.25, 0.3) is 0 Å². The lowest BCUT2D eigenvalue weighted by atomic mass is 9.89. The van der Waals surface area contributed by atoms with E-state index in [2.05, 4.69) is 19.6 Å². The fourth-order valence-electron chi connectivity index (χ4n) is 1.99. The van der Waals surface area contributed by atoms with Crippen molar-refractivity contribution in [3.8, 4) is 0 Å². The van der Waals surface area contributed by atoms with E-state index in [4.69, 9.17) is 4.74 Å². The Balaban J connectivity index is 2.37. The Morgan fingerprint density at radius 1 is 1.40 bits per heavy atom. The quantitative estimate of drug-likeness (QED) is 0.596. The molecule has 88 valence electrons. The van der Waals surface area contributed by atoms with Crippen LogP contribution in [0.3, 0.4) is 0 Å². The molecule has 1 aliphatic rings. The molecule has 0 aromatic rings. The van der Waals surface area contributed by atoms with E-state index in [1.54, 1.807) is 0 Å². The first-order valence-corrected chi connectivity index (χ1v) is 6.41. The van der Waals surface area contributed by atoms with Crippen LogP contribution in [0.1, 0.15) is 46.5 Å². The van der Waals surface area contributed by atoms with E-state index in [-0.39, 0.29) is 23.2 Å². The predicted molar refractivity (Wildman–Crippen MR) is 65.1 cm³/mol. The molecule has 0 aromatic carbocycles. The van der Waals surface area contributed by atoms with Gasteiger partial charge in [0.2, 0.25) is 0 Å². The van der Waals surface area contributed by atoms with Crippen LogP contribution in [0.2, 0.25) is 0 Å². The van der Waals surface area contributed by atoms with Crippen molar-refractivity contribution in [2.75, 3.05) is 0 Å². The molecule has 1 fully saturated rings. The molecule has 0 radical (unpaired) electrons. The molecule has 3 unspecified atom stereocenters. The van der Waals surface area contributed by atoms with Gasteiger partial charge in [-0.1, -0.05) is 27.2 Å². The second-order valence-corrected chi connectivity index (χ2v) is 5.58. The molecule has 0 heterocycles. The van der Waals surface area contributed by atoms with Gasteiger partial charge >= 0.3 is 5.97 Å². The van der Waals surface area contributed by atoms with Crippen molar-refractivity contribution in [3.05, 3.63) is 0 Å². The highest BCUT2D eigenvalue weighted by Crippen LogP contribution is 2.26. The maximum atomic E-state index is 11.7. The molecule has 0 spiro atoms. The third-order valence-corrected chi connectivity index (χ3v) is 3.85. The summed E-state index contributed by atoms with van der Waals surface area (Å²) in [4.78, 5) is 11.7. The van der Waals surface area contributed by atoms with Crippen LogP contribution in [0, 0.1) is 11.8 Å². The van der Waals surface area contributed by atoms with Crippen LogP contribution in [-0.2, 0) is 9.53 Å². The summed E-state index contributed by atoms with van der Waals surface area (Å²) in [6.07, 6.45) is 4.62. The summed E-state index contributed by atoms with van der Waals surface area (Å²) < 4.78 is 5.47. The summed E-state index contributed by atoms with van der Waals surface area (Å²) in [5, 5.41) is -0.276. The Kier molecular flexibility index (Phi) is 4.97. The summed E-state index contributed by atoms with van der Waals surface area (Å²) in [6, 6.07) is 0. The zero-order valence-electron chi connectivity index (χ0n) is 9.90. The fraction of sp³-hybridized carbons (Fsp3) is 0.917. The first-order chi connectivity index (χ1) is 7.00. The van der Waals surface area contributed by atoms with Crippen LogP contribution in [-0.4, -0.2) is 17.3 Å². The number of esters is 1. The van der Waals surface area contributed by atoms with Crippen LogP contribution in [0.15, 0.2) is 0 Å². The molecule has 1 saturated carbocycles. The van der Waals surface area contributed by atoms with Gasteiger partial charge in [-0.2, -0.15) is 12.6 Å². The minimum Gasteiger partial charge on any atom is -0.462 e. The fourth-order valence-corrected chi connectivity index (χ4v) is 2.05. The van der Waals surface area contributed by atoms with Gasteiger partial charge in [0, 0.05) is 0 Å². The number of rotatable bonds is 3. The smallest absolute Gasteiger partial charge is 0.319 e. The van der Waals surface area contributed by atoms with E-state index >= 15 is 0 Å². The Hall–Kier alpha value is -0.180. The lowest BCUT2D eigenvalue weighted by molar-refractivity contribution is -0.151. The van der Waals surface area contributed by atoms with E-state index in [0.717, 1.165) is 12.8 Å². The lowest BCUT2D eigenvalue weighted by Gasteiger charge is -2.27. The SMILES string of the molecule is CC1CCCC(OC(=O)C(S)C(C)C)C1. The minimum atomic E-state index is -0.276. The molecular weight excluding hydrogens is 208 g/mol. The third-order valence-electron chi connectivity index (χ3n) is 3.04. The highest BCUT2D eigenvalue weighted by Gasteiger charge is 2.26. The van der Waals surface area contributed by atoms with Crippen molar-refractivity contribution < 1.29 is 9.53 Å². The number of carbonyl (C=O) groups is 1. The van der Waals surface area contributed by atoms with Crippen molar-refractivity contribution in [3.63, 3.8) is 0 Å². The molecule has 0 bridgehead atoms. The molecule has 3 heteroatoms. The summed E-state index contributed by atoms with van der Waals surface area (Å²) in [5.41, 5.74) is 0. The number of hydrogen-bond donors (Lipinski definition) is 1. The van der Waals surface area contributed by atoms with Gasteiger partial charge in [-0.15, -0.1) is 0 Å². The molecule has 1 rings (SSSR count). The molecule has 0 aromatic heterocycles. The second-order valence-electron chi connectivity index (χ2n) is 5.02. The minimum absolute atomic E-state index is 0.134. The maximum Gasteiger partial charge on any atom is 0.319 e. The van der Waals surface area contributed by atoms with Crippen LogP contribution in [0.5, 0.6) is 0 Å². The molecule has 3 atom stereocenters. The Morgan fingerprint density at radius 3 is 2.60 bits per heavy atom. The normalized spacial score (nSPS) is 28.9. The first-order valence-electron chi connectivity index (χ1n) is 5.89. The Labute approximate surface area is 98.2 Å². The Morgan fingerprint density at radius 2 is 2.07 bits per heavy atom. The van der Waals surface area contributed by atoms with Gasteiger partial charge in [0.25, 0.3) is 0 Å². The maximum absolute atomic E-state index is 11.7. The number of carbonyl (C=O) groups excluding carboxylic acids is 1. The second kappa shape index (κ2) is 5.78. The van der Waals surface area contributed by atoms with E-state index in [0.29, 0.717) is 5.92 Å². The van der Waals surface area contributed by atoms with Crippen molar-refractivity contribution in [2.24, 2.45) is 11.8 Å². The molecule has 0 saturated heterocycles. The van der Waals surface area contributed by atoms with Gasteiger partial charge in [-0.3, -0.25) is 4.79 Å². The van der Waals surface area contributed by atoms with Gasteiger partial charge in [-0.05, 0) is 31.1 Å². The van der Waals surface area contributed by atoms with Gasteiger partial charge in [0.05, 0.1) is 0 Å². The zero-order valence-corrected chi connectivity index (χ0v) is 10.8. The zero-order chi connectivity index (χ0) is 11.4. The average Bonchev–Trinajstić information content (AvgIpc) is 2.16. The standard InChI is InChI=1S/C12H22O2S/c1-8(2)11(15)12(13)14-10-6-4-5-9(3)7-10/h8-11,15H,4-7H2,1-3H3. The van der Waals surface area contributed by atoms with E-state index in [1.165, 1.54) is 12.8 Å². The van der Waals surface area contributed by atoms with Gasteiger partial charge < -0.3 is 4.74 Å². The largest absolute Gasteiger partial charge is 0.462 e. The van der Waals surface area contributed by atoms with Gasteiger partial charge in [-0.25, -0.2) is 0 Å². The molecule has 0 N–H and O–H groups in total. The lowest BCUT2D eigenvalue weighted by Crippen LogP contribution is -2.30. The van der Waals surface area contributed by atoms with Gasteiger partial charge in [0.1, 0.15) is 11.4 Å². The summed E-state index contributed by atoms with van der Waals surface area (Å²) >= 11 is 4.27. The number of ether oxygens (including phenoxy) is 1. The third kappa shape index (κ3) is 4.06. The molecule has 2 nitrogen and oxygen atoms in total. The monoisotopic (exact) mass is 230 g/mol. The number of hydrogen-bond acceptors (Lipinski definition) is 3. The van der Waals surface area contributed by atoms with Crippen molar-refractivity contribution in [1.29, 1.82) is 0 Å². The number of thiol groups is 1.